The molecule has 2 atom stereocenters. The van der Waals surface area contributed by atoms with Crippen LogP contribution >= 0.6 is 0 Å². The highest BCUT2D eigenvalue weighted by Crippen LogP contribution is 2.41. The van der Waals surface area contributed by atoms with Crippen LogP contribution in [-0.2, 0) is 20.9 Å². The van der Waals surface area contributed by atoms with E-state index in [2.05, 4.69) is 20.6 Å². The molecule has 1 saturated carbocycles. The second kappa shape index (κ2) is 12.2. The van der Waals surface area contributed by atoms with E-state index in [9.17, 15) is 30.8 Å². The lowest BCUT2D eigenvalue weighted by atomic mass is 9.91. The number of rotatable bonds is 6. The van der Waals surface area contributed by atoms with E-state index in [0.717, 1.165) is 24.0 Å². The molecule has 5 rings (SSSR count). The van der Waals surface area contributed by atoms with E-state index in [1.54, 1.807) is 39.8 Å². The van der Waals surface area contributed by atoms with Crippen molar-refractivity contribution < 1.29 is 39.9 Å². The van der Waals surface area contributed by atoms with Gasteiger partial charge >= 0.3 is 12.3 Å². The summed E-state index contributed by atoms with van der Waals surface area (Å²) in [5.41, 5.74) is -3.01. The van der Waals surface area contributed by atoms with Crippen LogP contribution in [0.15, 0.2) is 53.7 Å². The summed E-state index contributed by atoms with van der Waals surface area (Å²) in [4.78, 5) is 20.0. The van der Waals surface area contributed by atoms with Crippen molar-refractivity contribution in [2.75, 3.05) is 5.32 Å². The van der Waals surface area contributed by atoms with Gasteiger partial charge in [0.2, 0.25) is 0 Å². The van der Waals surface area contributed by atoms with Gasteiger partial charge in [-0.3, -0.25) is 0 Å². The van der Waals surface area contributed by atoms with Gasteiger partial charge in [0.05, 0.1) is 22.3 Å². The molecule has 1 aromatic carbocycles. The normalized spacial score (nSPS) is 17.6. The Morgan fingerprint density at radius 2 is 1.72 bits per heavy atom. The van der Waals surface area contributed by atoms with Crippen molar-refractivity contribution in [1.29, 1.82) is 0 Å². The first-order valence-electron chi connectivity index (χ1n) is 14.5. The molecule has 15 heteroatoms. The van der Waals surface area contributed by atoms with Gasteiger partial charge in [-0.05, 0) is 77.6 Å². The fourth-order valence-corrected chi connectivity index (χ4v) is 6.71. The molecule has 246 valence electrons. The van der Waals surface area contributed by atoms with E-state index in [-0.39, 0.29) is 28.0 Å². The number of amides is 1. The Balaban J connectivity index is 1.57. The van der Waals surface area contributed by atoms with Crippen molar-refractivity contribution in [1.82, 2.24) is 19.3 Å². The number of benzene rings is 1. The third-order valence-corrected chi connectivity index (χ3v) is 9.09. The molecule has 0 unspecified atom stereocenters. The summed E-state index contributed by atoms with van der Waals surface area (Å²) >= 11 is 0. The number of carbonyl (C=O) groups excluding carboxylic acids is 1. The zero-order valence-corrected chi connectivity index (χ0v) is 26.2. The monoisotopic (exact) mass is 665 g/mol. The minimum Gasteiger partial charge on any atom is -0.444 e. The average molecular weight is 666 g/mol. The third-order valence-electron chi connectivity index (χ3n) is 7.43. The summed E-state index contributed by atoms with van der Waals surface area (Å²) in [6, 6.07) is 6.04. The predicted molar refractivity (Wildman–Crippen MR) is 161 cm³/mol. The van der Waals surface area contributed by atoms with E-state index < -0.39 is 68.2 Å². The number of aryl methyl sites for hydroxylation is 1. The molecule has 1 fully saturated rings. The quantitative estimate of drug-likeness (QED) is 0.210. The number of ether oxygens (including phenoxy) is 1. The molecule has 4 aromatic rings. The Labute approximate surface area is 262 Å². The summed E-state index contributed by atoms with van der Waals surface area (Å²) in [6.07, 6.45) is -2.08. The van der Waals surface area contributed by atoms with Crippen LogP contribution < -0.4 is 10.6 Å². The number of pyridine rings is 2. The van der Waals surface area contributed by atoms with Crippen LogP contribution in [0.1, 0.15) is 57.6 Å². The minimum absolute atomic E-state index is 0.176. The van der Waals surface area contributed by atoms with Gasteiger partial charge in [-0.2, -0.15) is 13.2 Å². The zero-order valence-electron chi connectivity index (χ0n) is 25.4. The summed E-state index contributed by atoms with van der Waals surface area (Å²) in [5, 5.41) is 5.35. The number of aromatic nitrogens is 3. The van der Waals surface area contributed by atoms with E-state index in [4.69, 9.17) is 4.74 Å². The fraction of sp³-hybridized carbons (Fsp3) is 0.387. The molecular formula is C31H32F5N5O4S. The highest BCUT2D eigenvalue weighted by atomic mass is 32.2. The van der Waals surface area contributed by atoms with Crippen LogP contribution in [0, 0.1) is 18.6 Å². The van der Waals surface area contributed by atoms with Crippen LogP contribution in [0.5, 0.6) is 0 Å². The van der Waals surface area contributed by atoms with E-state index >= 15 is 4.39 Å². The fourth-order valence-electron chi connectivity index (χ4n) is 5.38. The Hall–Kier alpha value is -4.27. The number of hydrogen-bond donors (Lipinski definition) is 2. The number of nitrogens with zero attached hydrogens (tertiary/aromatic N) is 3. The van der Waals surface area contributed by atoms with Gasteiger partial charge in [0.15, 0.2) is 17.3 Å². The number of carbonyl (C=O) groups is 1. The molecule has 0 aliphatic heterocycles. The smallest absolute Gasteiger partial charge is 0.418 e. The van der Waals surface area contributed by atoms with E-state index in [1.807, 2.05) is 0 Å². The van der Waals surface area contributed by atoms with Crippen LogP contribution in [0.2, 0.25) is 0 Å². The van der Waals surface area contributed by atoms with E-state index in [1.165, 1.54) is 12.1 Å². The molecule has 0 bridgehead atoms. The van der Waals surface area contributed by atoms with Gasteiger partial charge in [0, 0.05) is 29.2 Å². The Kier molecular flexibility index (Phi) is 8.75. The molecule has 9 nitrogen and oxygen atoms in total. The molecule has 1 amide bonds. The summed E-state index contributed by atoms with van der Waals surface area (Å²) in [7, 11) is -4.41. The summed E-state index contributed by atoms with van der Waals surface area (Å²) in [5.74, 6) is -2.74. The largest absolute Gasteiger partial charge is 0.444 e. The lowest BCUT2D eigenvalue weighted by Gasteiger charge is -2.31. The van der Waals surface area contributed by atoms with Crippen LogP contribution in [0.4, 0.5) is 32.6 Å². The number of anilines is 1. The maximum Gasteiger partial charge on any atom is 0.418 e. The van der Waals surface area contributed by atoms with Crippen molar-refractivity contribution in [3.63, 3.8) is 0 Å². The standard InChI is InChI=1S/C31H32F5N5O4S/c1-17-8-10-21(11-9-17)46(43,44)41-16-23(22-12-18(32)15-37-28(22)41)26-24(31(34,35)36)14-25(33)27(40-26)38-19-6-5-7-20(13-19)39-29(42)45-30(2,3)4/h8-12,14-16,19-20H,5-7,13H2,1-4H3,(H,38,40)(H,39,42)/t19-,20+/m1/s1. The van der Waals surface area contributed by atoms with Gasteiger partial charge in [0.25, 0.3) is 10.0 Å². The van der Waals surface area contributed by atoms with Gasteiger partial charge in [-0.1, -0.05) is 17.7 Å². The molecule has 1 aliphatic carbocycles. The topological polar surface area (TPSA) is 115 Å². The molecule has 2 N–H and O–H groups in total. The highest BCUT2D eigenvalue weighted by molar-refractivity contribution is 7.90. The minimum atomic E-state index is -5.11. The Morgan fingerprint density at radius 1 is 1.04 bits per heavy atom. The molecule has 1 aliphatic rings. The zero-order chi connectivity index (χ0) is 33.6. The molecule has 3 aromatic heterocycles. The lowest BCUT2D eigenvalue weighted by molar-refractivity contribution is -0.137. The molecule has 0 radical (unpaired) electrons. The number of halogens is 5. The molecule has 46 heavy (non-hydrogen) atoms. The summed E-state index contributed by atoms with van der Waals surface area (Å²) < 4.78 is 106. The van der Waals surface area contributed by atoms with Crippen LogP contribution in [-0.4, -0.2) is 46.1 Å². The van der Waals surface area contributed by atoms with Gasteiger partial charge in [-0.25, -0.2) is 35.9 Å². The second-order valence-corrected chi connectivity index (χ2v) is 14.1. The molecule has 3 heterocycles. The van der Waals surface area contributed by atoms with E-state index in [0.29, 0.717) is 29.7 Å². The first-order chi connectivity index (χ1) is 21.4. The van der Waals surface area contributed by atoms with Gasteiger partial charge in [0.1, 0.15) is 11.4 Å². The van der Waals surface area contributed by atoms with Crippen molar-refractivity contribution >= 4 is 33.0 Å². The van der Waals surface area contributed by atoms with Crippen molar-refractivity contribution in [2.45, 2.75) is 82.1 Å². The number of hydrogen-bond acceptors (Lipinski definition) is 7. The summed E-state index contributed by atoms with van der Waals surface area (Å²) in [6.45, 7) is 6.90. The second-order valence-electron chi connectivity index (χ2n) is 12.2. The lowest BCUT2D eigenvalue weighted by Crippen LogP contribution is -2.44. The Bertz CT molecular complexity index is 1890. The number of fused-ring (bicyclic) bond motifs is 1. The Morgan fingerprint density at radius 3 is 2.37 bits per heavy atom. The predicted octanol–water partition coefficient (Wildman–Crippen LogP) is 7.19. The van der Waals surface area contributed by atoms with Gasteiger partial charge < -0.3 is 15.4 Å². The van der Waals surface area contributed by atoms with Crippen molar-refractivity contribution in [3.05, 3.63) is 71.6 Å². The number of nitrogens with one attached hydrogen (secondary N) is 2. The number of alkyl halides is 3. The van der Waals surface area contributed by atoms with Crippen molar-refractivity contribution in [3.8, 4) is 11.3 Å². The first kappa shape index (κ1) is 33.1. The maximum absolute atomic E-state index is 15.3. The van der Waals surface area contributed by atoms with Gasteiger partial charge in [-0.15, -0.1) is 0 Å². The number of alkyl carbamates (subject to hydrolysis) is 1. The van der Waals surface area contributed by atoms with Crippen LogP contribution in [0.25, 0.3) is 22.3 Å². The third kappa shape index (κ3) is 7.08. The molecular weight excluding hydrogens is 633 g/mol. The molecule has 0 saturated heterocycles. The maximum atomic E-state index is 15.3. The molecule has 0 spiro atoms. The highest BCUT2D eigenvalue weighted by Gasteiger charge is 2.38. The van der Waals surface area contributed by atoms with Crippen LogP contribution in [0.3, 0.4) is 0 Å². The van der Waals surface area contributed by atoms with Crippen molar-refractivity contribution in [2.24, 2.45) is 0 Å². The first-order valence-corrected chi connectivity index (χ1v) is 15.9. The SMILES string of the molecule is Cc1ccc(S(=O)(=O)n2cc(-c3nc(N[C@@H]4CCC[C@H](NC(=O)OC(C)(C)C)C4)c(F)cc3C(F)(F)F)c3cc(F)cnc32)cc1. The average Bonchev–Trinajstić information content (AvgIpc) is 3.32.